The van der Waals surface area contributed by atoms with Crippen molar-refractivity contribution in [2.24, 2.45) is 5.73 Å². The van der Waals surface area contributed by atoms with Crippen LogP contribution in [0.3, 0.4) is 0 Å². The maximum Gasteiger partial charge on any atom is 0.416 e. The fraction of sp³-hybridized carbons (Fsp3) is 0.500. The highest BCUT2D eigenvalue weighted by Crippen LogP contribution is 2.37. The normalized spacial score (nSPS) is 17.7. The van der Waals surface area contributed by atoms with E-state index in [0.717, 1.165) is 12.1 Å². The van der Waals surface area contributed by atoms with Crippen molar-refractivity contribution in [3.8, 4) is 0 Å². The van der Waals surface area contributed by atoms with Gasteiger partial charge >= 0.3 is 18.4 Å². The van der Waals surface area contributed by atoms with E-state index >= 15 is 0 Å². The number of nitrogens with one attached hydrogen (secondary N) is 3. The Bertz CT molecular complexity index is 1340. The lowest BCUT2D eigenvalue weighted by atomic mass is 10.1. The van der Waals surface area contributed by atoms with E-state index in [1.165, 1.54) is 12.3 Å². The lowest BCUT2D eigenvalue weighted by molar-refractivity contribution is -0.137. The molecule has 2 aliphatic rings. The number of alkyl halides is 3. The standard InChI is InChI=1S/C26H33F3N8O5/c1-25(2,3)42-24(41)34-17-12-37(13-17)18-8-14(26(27,28)29)7-16(9-18)32-21-19(20(30)38)10-31-22(35-21)36-6-4-5-15(11-36)33-23(39)40/h7-10,15,17,33H,4-6,11-13H2,1-3H3,(H2,30,38)(H,34,41)(H,39,40)(H,31,32,35). The molecule has 42 heavy (non-hydrogen) atoms. The number of carbonyl (C=O) groups excluding carboxylic acids is 2. The van der Waals surface area contributed by atoms with Gasteiger partial charge in [-0.3, -0.25) is 4.79 Å². The van der Waals surface area contributed by atoms with Crippen LogP contribution in [0.4, 0.5) is 45.9 Å². The highest BCUT2D eigenvalue weighted by atomic mass is 19.4. The molecule has 2 fully saturated rings. The van der Waals surface area contributed by atoms with Crippen molar-refractivity contribution < 1.29 is 37.4 Å². The number of primary amides is 1. The number of nitrogens with two attached hydrogens (primary N) is 1. The summed E-state index contributed by atoms with van der Waals surface area (Å²) < 4.78 is 46.8. The van der Waals surface area contributed by atoms with Gasteiger partial charge in [-0.05, 0) is 51.8 Å². The van der Waals surface area contributed by atoms with E-state index in [-0.39, 0.29) is 60.4 Å². The summed E-state index contributed by atoms with van der Waals surface area (Å²) in [5.74, 6) is -0.830. The third-order valence-corrected chi connectivity index (χ3v) is 6.55. The van der Waals surface area contributed by atoms with Gasteiger partial charge in [-0.2, -0.15) is 18.2 Å². The lowest BCUT2D eigenvalue weighted by Gasteiger charge is -2.41. The zero-order chi connectivity index (χ0) is 30.8. The van der Waals surface area contributed by atoms with Gasteiger partial charge < -0.3 is 41.3 Å². The summed E-state index contributed by atoms with van der Waals surface area (Å²) >= 11 is 0. The Morgan fingerprint density at radius 3 is 2.36 bits per heavy atom. The molecule has 3 amide bonds. The molecule has 13 nitrogen and oxygen atoms in total. The molecule has 2 saturated heterocycles. The zero-order valence-electron chi connectivity index (χ0n) is 23.3. The number of halogens is 3. The van der Waals surface area contributed by atoms with Gasteiger partial charge in [0.25, 0.3) is 5.91 Å². The molecule has 2 aromatic rings. The van der Waals surface area contributed by atoms with Crippen molar-refractivity contribution >= 4 is 41.2 Å². The predicted molar refractivity (Wildman–Crippen MR) is 147 cm³/mol. The molecule has 3 heterocycles. The topological polar surface area (TPSA) is 175 Å². The number of amides is 3. The van der Waals surface area contributed by atoms with Crippen LogP contribution in [-0.2, 0) is 10.9 Å². The van der Waals surface area contributed by atoms with Crippen LogP contribution in [0.5, 0.6) is 0 Å². The largest absolute Gasteiger partial charge is 0.465 e. The van der Waals surface area contributed by atoms with Crippen LogP contribution in [0.15, 0.2) is 24.4 Å². The number of aromatic nitrogens is 2. The van der Waals surface area contributed by atoms with Crippen molar-refractivity contribution in [1.82, 2.24) is 20.6 Å². The molecule has 0 aliphatic carbocycles. The Kier molecular flexibility index (Phi) is 8.54. The van der Waals surface area contributed by atoms with Gasteiger partial charge in [0.2, 0.25) is 5.95 Å². The lowest BCUT2D eigenvalue weighted by Crippen LogP contribution is -2.60. The number of anilines is 4. The summed E-state index contributed by atoms with van der Waals surface area (Å²) in [6.45, 7) is 6.45. The number of carboxylic acid groups (broad SMARTS) is 1. The number of carbonyl (C=O) groups is 3. The van der Waals surface area contributed by atoms with E-state index in [9.17, 15) is 27.6 Å². The molecule has 0 spiro atoms. The van der Waals surface area contributed by atoms with E-state index < -0.39 is 35.4 Å². The maximum absolute atomic E-state index is 13.8. The third-order valence-electron chi connectivity index (χ3n) is 6.55. The third kappa shape index (κ3) is 7.82. The monoisotopic (exact) mass is 594 g/mol. The van der Waals surface area contributed by atoms with E-state index in [4.69, 9.17) is 15.6 Å². The number of rotatable bonds is 7. The first-order chi connectivity index (χ1) is 19.6. The van der Waals surface area contributed by atoms with Crippen LogP contribution in [0, 0.1) is 0 Å². The van der Waals surface area contributed by atoms with Crippen LogP contribution in [0.25, 0.3) is 0 Å². The first-order valence-corrected chi connectivity index (χ1v) is 13.2. The molecule has 1 atom stereocenters. The second-order valence-electron chi connectivity index (χ2n) is 11.2. The van der Waals surface area contributed by atoms with Gasteiger partial charge in [0.15, 0.2) is 0 Å². The Morgan fingerprint density at radius 2 is 1.74 bits per heavy atom. The molecule has 0 radical (unpaired) electrons. The molecule has 0 saturated carbocycles. The number of hydrogen-bond acceptors (Lipinski definition) is 9. The molecule has 6 N–H and O–H groups in total. The van der Waals surface area contributed by atoms with Crippen molar-refractivity contribution in [3.05, 3.63) is 35.5 Å². The van der Waals surface area contributed by atoms with Crippen molar-refractivity contribution in [1.29, 1.82) is 0 Å². The minimum atomic E-state index is -4.67. The van der Waals surface area contributed by atoms with Crippen LogP contribution in [0.1, 0.15) is 49.5 Å². The molecule has 0 bridgehead atoms. The van der Waals surface area contributed by atoms with Crippen LogP contribution in [0.2, 0.25) is 0 Å². The van der Waals surface area contributed by atoms with Crippen molar-refractivity contribution in [2.45, 2.75) is 57.5 Å². The summed E-state index contributed by atoms with van der Waals surface area (Å²) in [4.78, 5) is 47.2. The highest BCUT2D eigenvalue weighted by molar-refractivity contribution is 5.98. The smallest absolute Gasteiger partial charge is 0.416 e. The molecule has 16 heteroatoms. The van der Waals surface area contributed by atoms with E-state index in [1.54, 1.807) is 30.6 Å². The summed E-state index contributed by atoms with van der Waals surface area (Å²) in [5, 5.41) is 17.0. The molecular weight excluding hydrogens is 561 g/mol. The Morgan fingerprint density at radius 1 is 1.05 bits per heavy atom. The first kappa shape index (κ1) is 30.5. The quantitative estimate of drug-likeness (QED) is 0.320. The number of benzene rings is 1. The minimum Gasteiger partial charge on any atom is -0.465 e. The Hall–Kier alpha value is -4.50. The van der Waals surface area contributed by atoms with Gasteiger partial charge in [0.1, 0.15) is 17.0 Å². The zero-order valence-corrected chi connectivity index (χ0v) is 23.3. The second kappa shape index (κ2) is 11.8. The van der Waals surface area contributed by atoms with E-state index in [1.807, 2.05) is 0 Å². The Labute approximate surface area is 239 Å². The molecule has 2 aliphatic heterocycles. The van der Waals surface area contributed by atoms with Gasteiger partial charge in [-0.1, -0.05) is 0 Å². The molecule has 1 aromatic heterocycles. The average molecular weight is 595 g/mol. The molecular formula is C26H33F3N8O5. The highest BCUT2D eigenvalue weighted by Gasteiger charge is 2.35. The summed E-state index contributed by atoms with van der Waals surface area (Å²) in [6, 6.07) is 2.67. The maximum atomic E-state index is 13.8. The molecule has 1 aromatic carbocycles. The van der Waals surface area contributed by atoms with Crippen LogP contribution >= 0.6 is 0 Å². The van der Waals surface area contributed by atoms with E-state index in [0.29, 0.717) is 19.4 Å². The summed E-state index contributed by atoms with van der Waals surface area (Å²) in [7, 11) is 0. The van der Waals surface area contributed by atoms with Crippen LogP contribution in [-0.4, -0.2) is 77.0 Å². The average Bonchev–Trinajstić information content (AvgIpc) is 2.83. The SMILES string of the molecule is CC(C)(C)OC(=O)NC1CN(c2cc(Nc3nc(N4CCCC(NC(=O)O)C4)ncc3C(N)=O)cc(C(F)(F)F)c2)C1. The summed E-state index contributed by atoms with van der Waals surface area (Å²) in [5.41, 5.74) is 3.97. The number of ether oxygens (including phenoxy) is 1. The number of nitrogens with zero attached hydrogens (tertiary/aromatic N) is 4. The molecule has 1 unspecified atom stereocenters. The second-order valence-corrected chi connectivity index (χ2v) is 11.2. The van der Waals surface area contributed by atoms with Gasteiger partial charge in [0, 0.05) is 49.8 Å². The fourth-order valence-corrected chi connectivity index (χ4v) is 4.67. The number of alkyl carbamates (subject to hydrolysis) is 1. The number of hydrogen-bond donors (Lipinski definition) is 5. The first-order valence-electron chi connectivity index (χ1n) is 13.2. The Balaban J connectivity index is 1.56. The van der Waals surface area contributed by atoms with Crippen molar-refractivity contribution in [3.63, 3.8) is 0 Å². The minimum absolute atomic E-state index is 0.000379. The van der Waals surface area contributed by atoms with E-state index in [2.05, 4.69) is 25.9 Å². The molecule has 228 valence electrons. The fourth-order valence-electron chi connectivity index (χ4n) is 4.67. The van der Waals surface area contributed by atoms with Gasteiger partial charge in [-0.15, -0.1) is 0 Å². The van der Waals surface area contributed by atoms with Crippen LogP contribution < -0.4 is 31.5 Å². The van der Waals surface area contributed by atoms with Gasteiger partial charge in [0.05, 0.1) is 11.6 Å². The number of piperidine rings is 1. The summed E-state index contributed by atoms with van der Waals surface area (Å²) in [6.07, 6.45) is -4.01. The predicted octanol–water partition coefficient (Wildman–Crippen LogP) is 3.29. The molecule has 4 rings (SSSR count). The van der Waals surface area contributed by atoms with Crippen molar-refractivity contribution in [2.75, 3.05) is 41.3 Å². The van der Waals surface area contributed by atoms with Gasteiger partial charge in [-0.25, -0.2) is 14.6 Å².